The molecule has 4 heterocycles. The van der Waals surface area contributed by atoms with Gasteiger partial charge in [0, 0.05) is 30.0 Å². The predicted molar refractivity (Wildman–Crippen MR) is 111 cm³/mol. The molecule has 0 saturated carbocycles. The van der Waals surface area contributed by atoms with Crippen LogP contribution in [-0.2, 0) is 4.79 Å². The lowest BCUT2D eigenvalue weighted by atomic mass is 10.0. The molecule has 2 bridgehead atoms. The number of halogens is 3. The number of carboxylic acid groups (broad SMARTS) is 1. The normalized spacial score (nSPS) is 23.4. The van der Waals surface area contributed by atoms with Crippen LogP contribution in [-0.4, -0.2) is 57.4 Å². The Morgan fingerprint density at radius 2 is 1.94 bits per heavy atom. The van der Waals surface area contributed by atoms with E-state index in [4.69, 9.17) is 14.6 Å². The largest absolute Gasteiger partial charge is 0.490 e. The van der Waals surface area contributed by atoms with Gasteiger partial charge in [0.1, 0.15) is 6.10 Å². The van der Waals surface area contributed by atoms with Gasteiger partial charge in [0.15, 0.2) is 0 Å². The summed E-state index contributed by atoms with van der Waals surface area (Å²) >= 11 is 1.65. The Morgan fingerprint density at radius 1 is 1.26 bits per heavy atom. The third kappa shape index (κ3) is 4.85. The fourth-order valence-electron chi connectivity index (χ4n) is 4.25. The van der Waals surface area contributed by atoms with Crippen LogP contribution in [0.3, 0.4) is 0 Å². The molecule has 2 N–H and O–H groups in total. The van der Waals surface area contributed by atoms with Crippen LogP contribution in [0, 0.1) is 0 Å². The van der Waals surface area contributed by atoms with Crippen molar-refractivity contribution in [2.45, 2.75) is 50.0 Å². The molecule has 2 fully saturated rings. The minimum absolute atomic E-state index is 0.323. The molecule has 3 aromatic rings. The number of alkyl halides is 3. The molecular formula is C21H22F3N3O3S. The second kappa shape index (κ2) is 8.51. The van der Waals surface area contributed by atoms with Crippen molar-refractivity contribution >= 4 is 28.2 Å². The SMILES string of the molecule is CN1C2CCC1CC(Oc1ncc(-c3ccc4cc[nH]c4c3)s1)C2.O=C(O)C(F)(F)F. The van der Waals surface area contributed by atoms with Gasteiger partial charge in [-0.1, -0.05) is 23.5 Å². The Kier molecular flexibility index (Phi) is 5.94. The standard InChI is InChI=1S/C19H21N3OS.C2HF3O2/c1-22-14-4-5-15(22)10-16(9-14)23-19-21-11-18(24-19)13-3-2-12-6-7-20-17(12)8-13;3-2(4,5)1(6)7/h2-3,6-8,11,14-16,20H,4-5,9-10H2,1H3;(H,6,7). The lowest BCUT2D eigenvalue weighted by Gasteiger charge is -2.35. The maximum atomic E-state index is 10.6. The number of aromatic amines is 1. The van der Waals surface area contributed by atoms with Crippen molar-refractivity contribution in [1.29, 1.82) is 0 Å². The lowest BCUT2D eigenvalue weighted by molar-refractivity contribution is -0.192. The Hall–Kier alpha value is -2.59. The van der Waals surface area contributed by atoms with Gasteiger partial charge in [-0.3, -0.25) is 0 Å². The van der Waals surface area contributed by atoms with Crippen LogP contribution in [0.15, 0.2) is 36.7 Å². The van der Waals surface area contributed by atoms with Crippen molar-refractivity contribution in [1.82, 2.24) is 14.9 Å². The number of nitrogens with zero attached hydrogens (tertiary/aromatic N) is 2. The first kappa shape index (κ1) is 21.6. The monoisotopic (exact) mass is 453 g/mol. The molecular weight excluding hydrogens is 431 g/mol. The molecule has 31 heavy (non-hydrogen) atoms. The number of benzene rings is 1. The van der Waals surface area contributed by atoms with E-state index < -0.39 is 12.1 Å². The van der Waals surface area contributed by atoms with Crippen molar-refractivity contribution in [2.24, 2.45) is 0 Å². The third-order valence-electron chi connectivity index (χ3n) is 5.89. The summed E-state index contributed by atoms with van der Waals surface area (Å²) in [5.74, 6) is -2.76. The Balaban J connectivity index is 0.000000289. The number of nitrogens with one attached hydrogen (secondary N) is 1. The van der Waals surface area contributed by atoms with Crippen LogP contribution >= 0.6 is 11.3 Å². The van der Waals surface area contributed by atoms with Gasteiger partial charge in [-0.25, -0.2) is 9.78 Å². The number of H-pyrrole nitrogens is 1. The van der Waals surface area contributed by atoms with Gasteiger partial charge in [-0.05, 0) is 55.8 Å². The molecule has 6 nitrogen and oxygen atoms in total. The number of rotatable bonds is 3. The summed E-state index contributed by atoms with van der Waals surface area (Å²) in [7, 11) is 2.26. The third-order valence-corrected chi connectivity index (χ3v) is 6.83. The summed E-state index contributed by atoms with van der Waals surface area (Å²) in [6.07, 6.45) is 4.06. The maximum absolute atomic E-state index is 10.6. The van der Waals surface area contributed by atoms with E-state index in [1.54, 1.807) is 11.3 Å². The van der Waals surface area contributed by atoms with Crippen LogP contribution < -0.4 is 4.74 Å². The second-order valence-corrected chi connectivity index (χ2v) is 8.83. The molecule has 0 radical (unpaired) electrons. The van der Waals surface area contributed by atoms with Gasteiger partial charge in [0.2, 0.25) is 0 Å². The minimum atomic E-state index is -5.08. The maximum Gasteiger partial charge on any atom is 0.490 e. The van der Waals surface area contributed by atoms with Crippen molar-refractivity contribution in [3.63, 3.8) is 0 Å². The smallest absolute Gasteiger partial charge is 0.475 e. The summed E-state index contributed by atoms with van der Waals surface area (Å²) < 4.78 is 38.0. The van der Waals surface area contributed by atoms with Crippen LogP contribution in [0.25, 0.3) is 21.3 Å². The molecule has 1 aromatic carbocycles. The van der Waals surface area contributed by atoms with Gasteiger partial charge >= 0.3 is 12.1 Å². The van der Waals surface area contributed by atoms with Gasteiger partial charge in [-0.15, -0.1) is 0 Å². The van der Waals surface area contributed by atoms with E-state index >= 15 is 0 Å². The second-order valence-electron chi connectivity index (χ2n) is 7.83. The lowest BCUT2D eigenvalue weighted by Crippen LogP contribution is -2.43. The van der Waals surface area contributed by atoms with E-state index in [1.165, 1.54) is 23.8 Å². The Labute approximate surface area is 180 Å². The molecule has 2 aliphatic rings. The summed E-state index contributed by atoms with van der Waals surface area (Å²) in [6, 6.07) is 9.98. The Bertz CT molecular complexity index is 1050. The molecule has 0 aliphatic carbocycles. The summed E-state index contributed by atoms with van der Waals surface area (Å²) in [5.41, 5.74) is 2.36. The quantitative estimate of drug-likeness (QED) is 0.588. The first-order chi connectivity index (χ1) is 14.7. The molecule has 5 rings (SSSR count). The molecule has 2 unspecified atom stereocenters. The van der Waals surface area contributed by atoms with Gasteiger partial charge in [0.05, 0.1) is 4.88 Å². The number of aliphatic carboxylic acids is 1. The first-order valence-electron chi connectivity index (χ1n) is 9.93. The summed E-state index contributed by atoms with van der Waals surface area (Å²) in [6.45, 7) is 0. The number of fused-ring (bicyclic) bond motifs is 3. The molecule has 2 aromatic heterocycles. The number of ether oxygens (including phenoxy) is 1. The highest BCUT2D eigenvalue weighted by Gasteiger charge is 2.39. The zero-order valence-corrected chi connectivity index (χ0v) is 17.5. The molecule has 2 saturated heterocycles. The Morgan fingerprint density at radius 3 is 2.58 bits per heavy atom. The van der Waals surface area contributed by atoms with E-state index in [1.807, 2.05) is 12.4 Å². The van der Waals surface area contributed by atoms with Crippen LogP contribution in [0.2, 0.25) is 0 Å². The number of piperidine rings is 1. The van der Waals surface area contributed by atoms with Crippen molar-refractivity contribution in [3.05, 3.63) is 36.7 Å². The number of carbonyl (C=O) groups is 1. The minimum Gasteiger partial charge on any atom is -0.475 e. The van der Waals surface area contributed by atoms with Crippen LogP contribution in [0.1, 0.15) is 25.7 Å². The fraction of sp³-hybridized carbons (Fsp3) is 0.429. The highest BCUT2D eigenvalue weighted by atomic mass is 32.1. The number of hydrogen-bond acceptors (Lipinski definition) is 5. The zero-order valence-electron chi connectivity index (χ0n) is 16.7. The average molecular weight is 453 g/mol. The topological polar surface area (TPSA) is 78.5 Å². The highest BCUT2D eigenvalue weighted by Crippen LogP contribution is 2.38. The van der Waals surface area contributed by atoms with Gasteiger partial charge in [0.25, 0.3) is 5.19 Å². The molecule has 0 spiro atoms. The van der Waals surface area contributed by atoms with Gasteiger partial charge in [-0.2, -0.15) is 13.2 Å². The predicted octanol–water partition coefficient (Wildman–Crippen LogP) is 4.93. The van der Waals surface area contributed by atoms with Crippen molar-refractivity contribution in [2.75, 3.05) is 7.05 Å². The molecule has 2 atom stereocenters. The zero-order chi connectivity index (χ0) is 22.2. The van der Waals surface area contributed by atoms with Crippen molar-refractivity contribution in [3.8, 4) is 15.6 Å². The van der Waals surface area contributed by atoms with Crippen LogP contribution in [0.4, 0.5) is 13.2 Å². The summed E-state index contributed by atoms with van der Waals surface area (Å²) in [5, 5.41) is 9.17. The molecule has 166 valence electrons. The molecule has 0 amide bonds. The van der Waals surface area contributed by atoms with E-state index in [2.05, 4.69) is 46.2 Å². The molecule has 2 aliphatic heterocycles. The van der Waals surface area contributed by atoms with E-state index in [-0.39, 0.29) is 0 Å². The number of hydrogen-bond donors (Lipinski definition) is 2. The van der Waals surface area contributed by atoms with E-state index in [0.29, 0.717) is 18.2 Å². The first-order valence-corrected chi connectivity index (χ1v) is 10.7. The number of thiazole rings is 1. The van der Waals surface area contributed by atoms with Crippen LogP contribution in [0.5, 0.6) is 5.19 Å². The van der Waals surface area contributed by atoms with Gasteiger partial charge < -0.3 is 19.7 Å². The number of carboxylic acids is 1. The highest BCUT2D eigenvalue weighted by molar-refractivity contribution is 7.16. The van der Waals surface area contributed by atoms with Crippen molar-refractivity contribution < 1.29 is 27.8 Å². The average Bonchev–Trinajstić information content (AvgIpc) is 3.40. The van der Waals surface area contributed by atoms with E-state index in [9.17, 15) is 13.2 Å². The number of aromatic nitrogens is 2. The summed E-state index contributed by atoms with van der Waals surface area (Å²) in [4.78, 5) is 20.4. The molecule has 10 heteroatoms. The fourth-order valence-corrected chi connectivity index (χ4v) is 5.08. The van der Waals surface area contributed by atoms with E-state index in [0.717, 1.165) is 28.4 Å².